The van der Waals surface area contributed by atoms with Gasteiger partial charge in [0.05, 0.1) is 0 Å². The van der Waals surface area contributed by atoms with Gasteiger partial charge in [0.1, 0.15) is 3.70 Å². The van der Waals surface area contributed by atoms with Crippen molar-refractivity contribution in [2.75, 3.05) is 0 Å². The summed E-state index contributed by atoms with van der Waals surface area (Å²) in [5, 5.41) is 4.39. The Hall–Kier alpha value is -0.0600. The molecule has 0 N–H and O–H groups in total. The van der Waals surface area contributed by atoms with Crippen LogP contribution in [0.3, 0.4) is 0 Å². The van der Waals surface area contributed by atoms with E-state index in [1.165, 1.54) is 12.0 Å². The molecule has 0 atom stereocenters. The molecule has 3 heteroatoms. The van der Waals surface area contributed by atoms with Crippen molar-refractivity contribution < 1.29 is 0 Å². The Labute approximate surface area is 87.5 Å². The molecule has 0 saturated heterocycles. The zero-order chi connectivity index (χ0) is 9.14. The summed E-state index contributed by atoms with van der Waals surface area (Å²) in [5.74, 6) is 0.757. The largest absolute Gasteiger partial charge is 0.271 e. The molecule has 2 nitrogen and oxygen atoms in total. The Balaban J connectivity index is 2.53. The first kappa shape index (κ1) is 10.0. The first-order valence-corrected chi connectivity index (χ1v) is 5.37. The first-order valence-electron chi connectivity index (χ1n) is 4.29. The lowest BCUT2D eigenvalue weighted by Crippen LogP contribution is -2.01. The van der Waals surface area contributed by atoms with Crippen molar-refractivity contribution in [2.24, 2.45) is 5.92 Å². The standard InChI is InChI=1S/C9H15IN2/c1-7(2)4-5-12-6-8(3)9(10)11-12/h6-7H,4-5H2,1-3H3. The summed E-state index contributed by atoms with van der Waals surface area (Å²) in [5.41, 5.74) is 1.28. The molecule has 1 rings (SSSR count). The lowest BCUT2D eigenvalue weighted by Gasteiger charge is -2.03. The van der Waals surface area contributed by atoms with Gasteiger partial charge < -0.3 is 0 Å². The zero-order valence-corrected chi connectivity index (χ0v) is 10.00. The summed E-state index contributed by atoms with van der Waals surface area (Å²) in [7, 11) is 0. The van der Waals surface area contributed by atoms with Gasteiger partial charge in [0.2, 0.25) is 0 Å². The van der Waals surface area contributed by atoms with Crippen LogP contribution in [0.1, 0.15) is 25.8 Å². The van der Waals surface area contributed by atoms with Crippen LogP contribution in [0.2, 0.25) is 0 Å². The molecule has 0 unspecified atom stereocenters. The SMILES string of the molecule is Cc1cn(CCC(C)C)nc1I. The Kier molecular flexibility index (Phi) is 3.55. The highest BCUT2D eigenvalue weighted by Crippen LogP contribution is 2.09. The molecule has 0 aromatic carbocycles. The molecule has 0 aliphatic rings. The number of rotatable bonds is 3. The molecule has 1 aromatic heterocycles. The Morgan fingerprint density at radius 1 is 1.58 bits per heavy atom. The molecular formula is C9H15IN2. The lowest BCUT2D eigenvalue weighted by molar-refractivity contribution is 0.485. The second kappa shape index (κ2) is 4.25. The van der Waals surface area contributed by atoms with E-state index in [-0.39, 0.29) is 0 Å². The van der Waals surface area contributed by atoms with Crippen molar-refractivity contribution in [2.45, 2.75) is 33.7 Å². The van der Waals surface area contributed by atoms with Crippen LogP contribution in [-0.2, 0) is 6.54 Å². The average molecular weight is 278 g/mol. The van der Waals surface area contributed by atoms with Gasteiger partial charge in [-0.2, -0.15) is 5.10 Å². The van der Waals surface area contributed by atoms with Crippen molar-refractivity contribution in [3.8, 4) is 0 Å². The van der Waals surface area contributed by atoms with Crippen LogP contribution in [0.4, 0.5) is 0 Å². The fourth-order valence-corrected chi connectivity index (χ4v) is 1.42. The van der Waals surface area contributed by atoms with E-state index in [1.54, 1.807) is 0 Å². The number of aromatic nitrogens is 2. The second-order valence-electron chi connectivity index (χ2n) is 3.55. The Bertz CT molecular complexity index is 234. The summed E-state index contributed by atoms with van der Waals surface area (Å²) in [4.78, 5) is 0. The van der Waals surface area contributed by atoms with Crippen LogP contribution in [0, 0.1) is 16.5 Å². The van der Waals surface area contributed by atoms with Gasteiger partial charge in [0, 0.05) is 18.3 Å². The third kappa shape index (κ3) is 2.77. The molecule has 0 aliphatic carbocycles. The maximum atomic E-state index is 4.39. The summed E-state index contributed by atoms with van der Waals surface area (Å²) in [6, 6.07) is 0. The van der Waals surface area contributed by atoms with Gasteiger partial charge in [0.25, 0.3) is 0 Å². The molecule has 1 heterocycles. The van der Waals surface area contributed by atoms with Gasteiger partial charge in [-0.25, -0.2) is 0 Å². The Morgan fingerprint density at radius 2 is 2.25 bits per heavy atom. The van der Waals surface area contributed by atoms with Gasteiger partial charge in [-0.05, 0) is 41.9 Å². The molecule has 0 bridgehead atoms. The quantitative estimate of drug-likeness (QED) is 0.777. The maximum absolute atomic E-state index is 4.39. The van der Waals surface area contributed by atoms with Gasteiger partial charge in [-0.15, -0.1) is 0 Å². The first-order chi connectivity index (χ1) is 5.59. The van der Waals surface area contributed by atoms with E-state index in [0.29, 0.717) is 0 Å². The predicted molar refractivity (Wildman–Crippen MR) is 59.1 cm³/mol. The highest BCUT2D eigenvalue weighted by Gasteiger charge is 2.01. The number of halogens is 1. The summed E-state index contributed by atoms with van der Waals surface area (Å²) in [6.07, 6.45) is 3.32. The van der Waals surface area contributed by atoms with E-state index in [9.17, 15) is 0 Å². The monoisotopic (exact) mass is 278 g/mol. The number of hydrogen-bond acceptors (Lipinski definition) is 1. The number of nitrogens with zero attached hydrogens (tertiary/aromatic N) is 2. The van der Waals surface area contributed by atoms with E-state index in [0.717, 1.165) is 16.2 Å². The van der Waals surface area contributed by atoms with Gasteiger partial charge in [-0.3, -0.25) is 4.68 Å². The molecule has 0 amide bonds. The van der Waals surface area contributed by atoms with Gasteiger partial charge in [0.15, 0.2) is 0 Å². The van der Waals surface area contributed by atoms with Crippen LogP contribution in [-0.4, -0.2) is 9.78 Å². The minimum absolute atomic E-state index is 0.757. The summed E-state index contributed by atoms with van der Waals surface area (Å²) >= 11 is 2.27. The summed E-state index contributed by atoms with van der Waals surface area (Å²) < 4.78 is 3.16. The van der Waals surface area contributed by atoms with E-state index in [2.05, 4.69) is 54.7 Å². The zero-order valence-electron chi connectivity index (χ0n) is 7.84. The fraction of sp³-hybridized carbons (Fsp3) is 0.667. The smallest absolute Gasteiger partial charge is 0.126 e. The van der Waals surface area contributed by atoms with Gasteiger partial charge in [-0.1, -0.05) is 13.8 Å². The normalized spacial score (nSPS) is 11.1. The second-order valence-corrected chi connectivity index (χ2v) is 4.57. The molecule has 0 spiro atoms. The van der Waals surface area contributed by atoms with Crippen molar-refractivity contribution >= 4 is 22.6 Å². The molecule has 12 heavy (non-hydrogen) atoms. The van der Waals surface area contributed by atoms with Crippen molar-refractivity contribution in [3.63, 3.8) is 0 Å². The fourth-order valence-electron chi connectivity index (χ4n) is 1.00. The minimum atomic E-state index is 0.757. The summed E-state index contributed by atoms with van der Waals surface area (Å²) in [6.45, 7) is 7.62. The highest BCUT2D eigenvalue weighted by atomic mass is 127. The van der Waals surface area contributed by atoms with E-state index < -0.39 is 0 Å². The van der Waals surface area contributed by atoms with Crippen molar-refractivity contribution in [1.82, 2.24) is 9.78 Å². The molecule has 0 fully saturated rings. The van der Waals surface area contributed by atoms with E-state index in [1.807, 2.05) is 4.68 Å². The number of aryl methyl sites for hydroxylation is 2. The molecule has 0 radical (unpaired) electrons. The molecule has 0 saturated carbocycles. The number of hydrogen-bond donors (Lipinski definition) is 0. The van der Waals surface area contributed by atoms with Crippen molar-refractivity contribution in [3.05, 3.63) is 15.5 Å². The molecule has 68 valence electrons. The third-order valence-corrected chi connectivity index (χ3v) is 2.89. The molecule has 0 aliphatic heterocycles. The van der Waals surface area contributed by atoms with E-state index in [4.69, 9.17) is 0 Å². The molecular weight excluding hydrogens is 263 g/mol. The van der Waals surface area contributed by atoms with Crippen LogP contribution in [0.25, 0.3) is 0 Å². The minimum Gasteiger partial charge on any atom is -0.271 e. The highest BCUT2D eigenvalue weighted by molar-refractivity contribution is 14.1. The average Bonchev–Trinajstić information content (AvgIpc) is 2.28. The van der Waals surface area contributed by atoms with Crippen molar-refractivity contribution in [1.29, 1.82) is 0 Å². The van der Waals surface area contributed by atoms with Crippen LogP contribution < -0.4 is 0 Å². The topological polar surface area (TPSA) is 17.8 Å². The van der Waals surface area contributed by atoms with E-state index >= 15 is 0 Å². The molecule has 1 aromatic rings. The van der Waals surface area contributed by atoms with Crippen LogP contribution in [0.15, 0.2) is 6.20 Å². The van der Waals surface area contributed by atoms with Crippen LogP contribution >= 0.6 is 22.6 Å². The van der Waals surface area contributed by atoms with Gasteiger partial charge >= 0.3 is 0 Å². The third-order valence-electron chi connectivity index (χ3n) is 1.82. The maximum Gasteiger partial charge on any atom is 0.126 e. The lowest BCUT2D eigenvalue weighted by atomic mass is 10.1. The Morgan fingerprint density at radius 3 is 2.67 bits per heavy atom. The van der Waals surface area contributed by atoms with Crippen LogP contribution in [0.5, 0.6) is 0 Å². The predicted octanol–water partition coefficient (Wildman–Crippen LogP) is 2.84.